The van der Waals surface area contributed by atoms with Crippen LogP contribution in [0, 0.1) is 0 Å². The summed E-state index contributed by atoms with van der Waals surface area (Å²) in [7, 11) is 0. The number of carbonyl (C=O) groups excluding carboxylic acids is 2. The molecule has 1 aliphatic heterocycles. The van der Waals surface area contributed by atoms with Crippen LogP contribution in [0.25, 0.3) is 0 Å². The van der Waals surface area contributed by atoms with Crippen molar-refractivity contribution in [2.75, 3.05) is 13.1 Å². The van der Waals surface area contributed by atoms with E-state index < -0.39 is 30.1 Å². The van der Waals surface area contributed by atoms with Gasteiger partial charge in [0.05, 0.1) is 12.1 Å². The second kappa shape index (κ2) is 8.03. The van der Waals surface area contributed by atoms with Gasteiger partial charge in [-0.15, -0.1) is 0 Å². The van der Waals surface area contributed by atoms with E-state index in [-0.39, 0.29) is 6.54 Å². The zero-order chi connectivity index (χ0) is 16.8. The van der Waals surface area contributed by atoms with Crippen LogP contribution in [0.15, 0.2) is 24.5 Å². The average molecular weight is 321 g/mol. The number of pyridine rings is 1. The molecule has 1 aromatic rings. The molecule has 1 saturated heterocycles. The largest absolute Gasteiger partial charge is 0.388 e. The van der Waals surface area contributed by atoms with E-state index in [4.69, 9.17) is 0 Å². The smallest absolute Gasteiger partial charge is 0.256 e. The van der Waals surface area contributed by atoms with E-state index in [9.17, 15) is 19.8 Å². The molecule has 0 aliphatic carbocycles. The van der Waals surface area contributed by atoms with Gasteiger partial charge in [0.2, 0.25) is 5.91 Å². The van der Waals surface area contributed by atoms with Crippen molar-refractivity contribution in [2.45, 2.75) is 44.4 Å². The lowest BCUT2D eigenvalue weighted by Gasteiger charge is -2.25. The predicted molar refractivity (Wildman–Crippen MR) is 83.6 cm³/mol. The summed E-state index contributed by atoms with van der Waals surface area (Å²) in [4.78, 5) is 29.9. The average Bonchev–Trinajstić information content (AvgIpc) is 2.87. The van der Waals surface area contributed by atoms with Crippen LogP contribution >= 0.6 is 0 Å². The Morgan fingerprint density at radius 2 is 2.17 bits per heavy atom. The SMILES string of the molecule is CCCCCNC(=O)C1[C@H](O)[C@@H](O)CN1C(=O)c1cccnc1. The monoisotopic (exact) mass is 321 g/mol. The number of hydrogen-bond donors (Lipinski definition) is 3. The highest BCUT2D eigenvalue weighted by Crippen LogP contribution is 2.21. The summed E-state index contributed by atoms with van der Waals surface area (Å²) in [5.74, 6) is -0.871. The molecule has 0 aromatic carbocycles. The second-order valence-corrected chi connectivity index (χ2v) is 5.70. The summed E-state index contributed by atoms with van der Waals surface area (Å²) >= 11 is 0. The molecule has 0 spiro atoms. The van der Waals surface area contributed by atoms with Crippen LogP contribution in [0.5, 0.6) is 0 Å². The number of unbranched alkanes of at least 4 members (excludes halogenated alkanes) is 2. The number of aliphatic hydroxyl groups is 2. The number of likely N-dealkylation sites (tertiary alicyclic amines) is 1. The van der Waals surface area contributed by atoms with Crippen molar-refractivity contribution in [3.05, 3.63) is 30.1 Å². The van der Waals surface area contributed by atoms with E-state index in [0.717, 1.165) is 19.3 Å². The first-order chi connectivity index (χ1) is 11.1. The molecule has 2 amide bonds. The van der Waals surface area contributed by atoms with Gasteiger partial charge in [-0.25, -0.2) is 0 Å². The number of nitrogens with one attached hydrogen (secondary N) is 1. The lowest BCUT2D eigenvalue weighted by Crippen LogP contribution is -2.50. The Bertz CT molecular complexity index is 537. The van der Waals surface area contributed by atoms with Crippen molar-refractivity contribution in [3.63, 3.8) is 0 Å². The fourth-order valence-electron chi connectivity index (χ4n) is 2.67. The van der Waals surface area contributed by atoms with Crippen molar-refractivity contribution in [3.8, 4) is 0 Å². The summed E-state index contributed by atoms with van der Waals surface area (Å²) in [6.45, 7) is 2.47. The van der Waals surface area contributed by atoms with E-state index in [2.05, 4.69) is 17.2 Å². The first-order valence-electron chi connectivity index (χ1n) is 7.91. The van der Waals surface area contributed by atoms with Crippen LogP contribution in [-0.2, 0) is 4.79 Å². The minimum atomic E-state index is -1.29. The predicted octanol–water partition coefficient (Wildman–Crippen LogP) is -0.0658. The second-order valence-electron chi connectivity index (χ2n) is 5.70. The molecule has 126 valence electrons. The number of amides is 2. The maximum Gasteiger partial charge on any atom is 0.256 e. The van der Waals surface area contributed by atoms with E-state index in [1.807, 2.05) is 0 Å². The fourth-order valence-corrected chi connectivity index (χ4v) is 2.67. The molecule has 3 atom stereocenters. The van der Waals surface area contributed by atoms with Gasteiger partial charge in [0.25, 0.3) is 5.91 Å². The molecule has 1 aliphatic rings. The van der Waals surface area contributed by atoms with Crippen LogP contribution in [0.4, 0.5) is 0 Å². The number of aromatic nitrogens is 1. The molecular weight excluding hydrogens is 298 g/mol. The Morgan fingerprint density at radius 3 is 2.83 bits per heavy atom. The van der Waals surface area contributed by atoms with Crippen molar-refractivity contribution >= 4 is 11.8 Å². The van der Waals surface area contributed by atoms with Crippen LogP contribution in [-0.4, -0.2) is 63.3 Å². The molecule has 1 unspecified atom stereocenters. The third-order valence-electron chi connectivity index (χ3n) is 3.95. The molecule has 0 saturated carbocycles. The van der Waals surface area contributed by atoms with Crippen LogP contribution in [0.2, 0.25) is 0 Å². The maximum atomic E-state index is 12.5. The maximum absolute atomic E-state index is 12.5. The van der Waals surface area contributed by atoms with Gasteiger partial charge in [-0.1, -0.05) is 19.8 Å². The number of rotatable bonds is 6. The van der Waals surface area contributed by atoms with Crippen LogP contribution < -0.4 is 5.32 Å². The van der Waals surface area contributed by atoms with Crippen molar-refractivity contribution in [2.24, 2.45) is 0 Å². The first kappa shape index (κ1) is 17.4. The molecule has 0 bridgehead atoms. The highest BCUT2D eigenvalue weighted by atomic mass is 16.3. The van der Waals surface area contributed by atoms with Gasteiger partial charge < -0.3 is 20.4 Å². The topological polar surface area (TPSA) is 103 Å². The van der Waals surface area contributed by atoms with Gasteiger partial charge in [0, 0.05) is 18.9 Å². The van der Waals surface area contributed by atoms with Gasteiger partial charge in [0.1, 0.15) is 18.2 Å². The molecule has 2 heterocycles. The molecule has 1 aromatic heterocycles. The minimum Gasteiger partial charge on any atom is -0.388 e. The Morgan fingerprint density at radius 1 is 1.39 bits per heavy atom. The highest BCUT2D eigenvalue weighted by molar-refractivity contribution is 5.98. The zero-order valence-electron chi connectivity index (χ0n) is 13.2. The lowest BCUT2D eigenvalue weighted by atomic mass is 10.1. The van der Waals surface area contributed by atoms with Gasteiger partial charge in [-0.05, 0) is 18.6 Å². The summed E-state index contributed by atoms with van der Waals surface area (Å²) < 4.78 is 0. The van der Waals surface area contributed by atoms with E-state index in [0.29, 0.717) is 12.1 Å². The van der Waals surface area contributed by atoms with Crippen molar-refractivity contribution in [1.82, 2.24) is 15.2 Å². The van der Waals surface area contributed by atoms with Gasteiger partial charge in [-0.2, -0.15) is 0 Å². The Balaban J connectivity index is 2.08. The third kappa shape index (κ3) is 4.05. The molecule has 7 nitrogen and oxygen atoms in total. The zero-order valence-corrected chi connectivity index (χ0v) is 13.2. The van der Waals surface area contributed by atoms with E-state index in [1.165, 1.54) is 11.1 Å². The van der Waals surface area contributed by atoms with E-state index >= 15 is 0 Å². The minimum absolute atomic E-state index is 0.0814. The molecule has 7 heteroatoms. The molecule has 2 rings (SSSR count). The molecule has 0 radical (unpaired) electrons. The Labute approximate surface area is 135 Å². The van der Waals surface area contributed by atoms with E-state index in [1.54, 1.807) is 18.3 Å². The van der Waals surface area contributed by atoms with Gasteiger partial charge in [-0.3, -0.25) is 14.6 Å². The summed E-state index contributed by atoms with van der Waals surface area (Å²) in [6, 6.07) is 2.12. The summed E-state index contributed by atoms with van der Waals surface area (Å²) in [6.07, 6.45) is 3.38. The number of aliphatic hydroxyl groups excluding tert-OH is 2. The van der Waals surface area contributed by atoms with Crippen molar-refractivity contribution in [1.29, 1.82) is 0 Å². The van der Waals surface area contributed by atoms with Gasteiger partial charge in [0.15, 0.2) is 0 Å². The number of hydrogen-bond acceptors (Lipinski definition) is 5. The first-order valence-corrected chi connectivity index (χ1v) is 7.91. The standard InChI is InChI=1S/C16H23N3O4/c1-2-3-4-8-18-15(22)13-14(21)12(20)10-19(13)16(23)11-6-5-7-17-9-11/h5-7,9,12-14,20-21H,2-4,8,10H2,1H3,(H,18,22)/t12-,13?,14+/m0/s1. The molecule has 3 N–H and O–H groups in total. The summed E-state index contributed by atoms with van der Waals surface area (Å²) in [5, 5.41) is 22.7. The lowest BCUT2D eigenvalue weighted by molar-refractivity contribution is -0.128. The van der Waals surface area contributed by atoms with Crippen LogP contribution in [0.3, 0.4) is 0 Å². The quantitative estimate of drug-likeness (QED) is 0.637. The normalized spacial score (nSPS) is 23.8. The molecule has 23 heavy (non-hydrogen) atoms. The molecular formula is C16H23N3O4. The van der Waals surface area contributed by atoms with Crippen molar-refractivity contribution < 1.29 is 19.8 Å². The highest BCUT2D eigenvalue weighted by Gasteiger charge is 2.46. The number of β-amino-alcohol motifs (C(OH)–C–C–N with tert-alkyl or cyclic N) is 1. The summed E-state index contributed by atoms with van der Waals surface area (Å²) in [5.41, 5.74) is 0.317. The Hall–Kier alpha value is -1.99. The number of carbonyl (C=O) groups is 2. The number of nitrogens with zero attached hydrogens (tertiary/aromatic N) is 2. The molecule has 1 fully saturated rings. The van der Waals surface area contributed by atoms with Gasteiger partial charge >= 0.3 is 0 Å². The van der Waals surface area contributed by atoms with Crippen LogP contribution in [0.1, 0.15) is 36.5 Å². The Kier molecular flexibility index (Phi) is 6.06. The fraction of sp³-hybridized carbons (Fsp3) is 0.562. The third-order valence-corrected chi connectivity index (χ3v) is 3.95.